The van der Waals surface area contributed by atoms with Crippen molar-refractivity contribution in [2.75, 3.05) is 32.7 Å². The molecule has 2 N–H and O–H groups in total. The van der Waals surface area contributed by atoms with Crippen LogP contribution in [0.5, 0.6) is 0 Å². The molecule has 110 valence electrons. The zero-order valence-electron chi connectivity index (χ0n) is 11.3. The van der Waals surface area contributed by atoms with Crippen LogP contribution in [0.3, 0.4) is 0 Å². The van der Waals surface area contributed by atoms with E-state index in [0.717, 1.165) is 26.1 Å². The number of carbonyl (C=O) groups is 1. The summed E-state index contributed by atoms with van der Waals surface area (Å²) in [6.45, 7) is 4.18. The van der Waals surface area contributed by atoms with Crippen LogP contribution in [0, 0.1) is 0 Å². The predicted molar refractivity (Wildman–Crippen MR) is 73.0 cm³/mol. The highest BCUT2D eigenvalue weighted by Gasteiger charge is 2.35. The van der Waals surface area contributed by atoms with E-state index in [-0.39, 0.29) is 18.9 Å². The van der Waals surface area contributed by atoms with Gasteiger partial charge in [-0.1, -0.05) is 6.42 Å². The Bertz CT molecular complexity index is 418. The summed E-state index contributed by atoms with van der Waals surface area (Å²) >= 11 is 0. The summed E-state index contributed by atoms with van der Waals surface area (Å²) in [5.74, 6) is -0.0855. The molecule has 2 aliphatic rings. The normalized spacial score (nSPS) is 26.1. The molecule has 2 rings (SSSR count). The van der Waals surface area contributed by atoms with Crippen LogP contribution in [0.1, 0.15) is 32.1 Å². The number of amides is 1. The lowest BCUT2D eigenvalue weighted by molar-refractivity contribution is -0.127. The fourth-order valence-corrected chi connectivity index (χ4v) is 3.60. The van der Waals surface area contributed by atoms with Crippen LogP contribution in [0.15, 0.2) is 0 Å². The number of nitrogens with zero attached hydrogens (tertiary/aromatic N) is 2. The molecule has 2 saturated heterocycles. The number of hydrogen-bond donors (Lipinski definition) is 1. The highest BCUT2D eigenvalue weighted by Crippen LogP contribution is 2.17. The molecule has 19 heavy (non-hydrogen) atoms. The smallest absolute Gasteiger partial charge is 0.224 e. The van der Waals surface area contributed by atoms with Gasteiger partial charge in [-0.25, -0.2) is 13.6 Å². The van der Waals surface area contributed by atoms with Gasteiger partial charge in [-0.2, -0.15) is 0 Å². The maximum absolute atomic E-state index is 11.7. The number of sulfonamides is 1. The standard InChI is InChI=1S/C12H23N3O3S/c13-19(17,18)11-9-12(16)15(10-11)8-4-7-14-5-2-1-3-6-14/h11H,1-10H2,(H2,13,17,18). The predicted octanol–water partition coefficient (Wildman–Crippen LogP) is -0.248. The second kappa shape index (κ2) is 6.19. The molecule has 0 aromatic carbocycles. The molecule has 2 heterocycles. The summed E-state index contributed by atoms with van der Waals surface area (Å²) < 4.78 is 22.5. The molecule has 1 unspecified atom stereocenters. The van der Waals surface area contributed by atoms with Crippen molar-refractivity contribution in [1.82, 2.24) is 9.80 Å². The van der Waals surface area contributed by atoms with Gasteiger partial charge in [0.05, 0.1) is 0 Å². The van der Waals surface area contributed by atoms with Gasteiger partial charge in [-0.15, -0.1) is 0 Å². The molecule has 1 amide bonds. The van der Waals surface area contributed by atoms with Crippen molar-refractivity contribution in [3.05, 3.63) is 0 Å². The molecule has 0 aromatic heterocycles. The van der Waals surface area contributed by atoms with Gasteiger partial charge in [-0.3, -0.25) is 4.79 Å². The number of primary sulfonamides is 1. The molecule has 0 saturated carbocycles. The van der Waals surface area contributed by atoms with Gasteiger partial charge in [-0.05, 0) is 38.9 Å². The molecule has 0 aliphatic carbocycles. The van der Waals surface area contributed by atoms with Gasteiger partial charge in [0.2, 0.25) is 15.9 Å². The van der Waals surface area contributed by atoms with Crippen molar-refractivity contribution >= 4 is 15.9 Å². The third kappa shape index (κ3) is 4.15. The van der Waals surface area contributed by atoms with Gasteiger partial charge in [0.25, 0.3) is 0 Å². The van der Waals surface area contributed by atoms with Crippen LogP contribution in [0.25, 0.3) is 0 Å². The van der Waals surface area contributed by atoms with Crippen LogP contribution in [-0.4, -0.2) is 62.1 Å². The minimum absolute atomic E-state index is 0.0442. The summed E-state index contributed by atoms with van der Waals surface area (Å²) in [5.41, 5.74) is 0. The largest absolute Gasteiger partial charge is 0.341 e. The molecule has 2 aliphatic heterocycles. The Labute approximate surface area is 115 Å². The van der Waals surface area contributed by atoms with Crippen LogP contribution in [0.4, 0.5) is 0 Å². The second-order valence-electron chi connectivity index (χ2n) is 5.51. The first-order valence-electron chi connectivity index (χ1n) is 6.98. The van der Waals surface area contributed by atoms with Crippen LogP contribution < -0.4 is 5.14 Å². The molecule has 1 atom stereocenters. The summed E-state index contributed by atoms with van der Waals surface area (Å²) in [5, 5.41) is 4.38. The van der Waals surface area contributed by atoms with E-state index in [1.807, 2.05) is 0 Å². The Morgan fingerprint density at radius 1 is 1.16 bits per heavy atom. The number of rotatable bonds is 5. The monoisotopic (exact) mass is 289 g/mol. The highest BCUT2D eigenvalue weighted by molar-refractivity contribution is 7.89. The topological polar surface area (TPSA) is 83.7 Å². The lowest BCUT2D eigenvalue weighted by Crippen LogP contribution is -2.35. The molecule has 6 nitrogen and oxygen atoms in total. The summed E-state index contributed by atoms with van der Waals surface area (Å²) in [7, 11) is -3.59. The number of likely N-dealkylation sites (tertiary alicyclic amines) is 2. The van der Waals surface area contributed by atoms with Crippen molar-refractivity contribution in [3.8, 4) is 0 Å². The number of piperidine rings is 1. The van der Waals surface area contributed by atoms with E-state index >= 15 is 0 Å². The van der Waals surface area contributed by atoms with Crippen LogP contribution in [0.2, 0.25) is 0 Å². The third-order valence-corrected chi connectivity index (χ3v) is 5.24. The third-order valence-electron chi connectivity index (χ3n) is 3.99. The zero-order valence-corrected chi connectivity index (χ0v) is 12.1. The zero-order chi connectivity index (χ0) is 13.9. The van der Waals surface area contributed by atoms with E-state index in [1.54, 1.807) is 4.90 Å². The van der Waals surface area contributed by atoms with Crippen molar-refractivity contribution in [3.63, 3.8) is 0 Å². The number of nitrogens with two attached hydrogens (primary N) is 1. The minimum Gasteiger partial charge on any atom is -0.341 e. The SMILES string of the molecule is NS(=O)(=O)C1CC(=O)N(CCCN2CCCCC2)C1. The Kier molecular flexibility index (Phi) is 4.81. The highest BCUT2D eigenvalue weighted by atomic mass is 32.2. The van der Waals surface area contributed by atoms with Crippen molar-refractivity contribution in [2.24, 2.45) is 5.14 Å². The number of hydrogen-bond acceptors (Lipinski definition) is 4. The van der Waals surface area contributed by atoms with Crippen molar-refractivity contribution < 1.29 is 13.2 Å². The molecule has 0 spiro atoms. The van der Waals surface area contributed by atoms with E-state index in [9.17, 15) is 13.2 Å². The lowest BCUT2D eigenvalue weighted by Gasteiger charge is -2.27. The average molecular weight is 289 g/mol. The van der Waals surface area contributed by atoms with Gasteiger partial charge < -0.3 is 9.80 Å². The Hall–Kier alpha value is -0.660. The summed E-state index contributed by atoms with van der Waals surface area (Å²) in [6.07, 6.45) is 4.79. The van der Waals surface area contributed by atoms with Crippen molar-refractivity contribution in [1.29, 1.82) is 0 Å². The van der Waals surface area contributed by atoms with E-state index in [1.165, 1.54) is 19.3 Å². The first-order valence-corrected chi connectivity index (χ1v) is 8.59. The first kappa shape index (κ1) is 14.7. The first-order chi connectivity index (χ1) is 8.97. The summed E-state index contributed by atoms with van der Waals surface area (Å²) in [4.78, 5) is 15.8. The molecule has 0 aromatic rings. The maximum atomic E-state index is 11.7. The van der Waals surface area contributed by atoms with E-state index < -0.39 is 15.3 Å². The fraction of sp³-hybridized carbons (Fsp3) is 0.917. The molecule has 2 fully saturated rings. The van der Waals surface area contributed by atoms with Crippen LogP contribution >= 0.6 is 0 Å². The van der Waals surface area contributed by atoms with Gasteiger partial charge in [0.1, 0.15) is 5.25 Å². The van der Waals surface area contributed by atoms with E-state index in [2.05, 4.69) is 4.90 Å². The van der Waals surface area contributed by atoms with Gasteiger partial charge >= 0.3 is 0 Å². The molecule has 7 heteroatoms. The quantitative estimate of drug-likeness (QED) is 0.756. The Balaban J connectivity index is 1.73. The summed E-state index contributed by atoms with van der Waals surface area (Å²) in [6, 6.07) is 0. The fourth-order valence-electron chi connectivity index (χ4n) is 2.84. The second-order valence-corrected chi connectivity index (χ2v) is 7.36. The lowest BCUT2D eigenvalue weighted by atomic mass is 10.1. The molecule has 0 radical (unpaired) electrons. The Morgan fingerprint density at radius 3 is 2.42 bits per heavy atom. The van der Waals surface area contributed by atoms with Gasteiger partial charge in [0, 0.05) is 19.5 Å². The minimum atomic E-state index is -3.59. The average Bonchev–Trinajstić information content (AvgIpc) is 2.72. The van der Waals surface area contributed by atoms with Crippen LogP contribution in [-0.2, 0) is 14.8 Å². The van der Waals surface area contributed by atoms with E-state index in [0.29, 0.717) is 6.54 Å². The maximum Gasteiger partial charge on any atom is 0.224 e. The molecule has 0 bridgehead atoms. The van der Waals surface area contributed by atoms with E-state index in [4.69, 9.17) is 5.14 Å². The number of carbonyl (C=O) groups excluding carboxylic acids is 1. The molecular formula is C12H23N3O3S. The van der Waals surface area contributed by atoms with Crippen molar-refractivity contribution in [2.45, 2.75) is 37.4 Å². The molecular weight excluding hydrogens is 266 g/mol. The van der Waals surface area contributed by atoms with Gasteiger partial charge in [0.15, 0.2) is 0 Å². The Morgan fingerprint density at radius 2 is 1.84 bits per heavy atom.